The average Bonchev–Trinajstić information content (AvgIpc) is 2.28. The molecule has 1 rings (SSSR count). The Balaban J connectivity index is 0.00000324. The largest absolute Gasteiger partial charge is 0.508 e. The van der Waals surface area contributed by atoms with Crippen molar-refractivity contribution in [2.75, 3.05) is 13.1 Å². The molecule has 1 aromatic rings. The number of nitrogens with one attached hydrogen (secondary N) is 2. The quantitative estimate of drug-likeness (QED) is 0.420. The smallest absolute Gasteiger partial charge is 0.191 e. The number of halogens is 1. The molecule has 19 heavy (non-hydrogen) atoms. The first-order valence-electron chi connectivity index (χ1n) is 6.44. The molecule has 0 aliphatic carbocycles. The third kappa shape index (κ3) is 7.92. The summed E-state index contributed by atoms with van der Waals surface area (Å²) in [6.07, 6.45) is 0.822. The predicted molar refractivity (Wildman–Crippen MR) is 91.5 cm³/mol. The Morgan fingerprint density at radius 1 is 1.37 bits per heavy atom. The average molecular weight is 377 g/mol. The molecule has 0 radical (unpaired) electrons. The van der Waals surface area contributed by atoms with Crippen LogP contribution in [-0.4, -0.2) is 30.2 Å². The molecule has 0 saturated carbocycles. The number of nitrogens with zero attached hydrogens (tertiary/aromatic N) is 1. The van der Waals surface area contributed by atoms with E-state index in [9.17, 15) is 5.11 Å². The monoisotopic (exact) mass is 377 g/mol. The summed E-state index contributed by atoms with van der Waals surface area (Å²) in [6, 6.07) is 7.67. The number of phenols is 1. The van der Waals surface area contributed by atoms with Crippen LogP contribution < -0.4 is 10.6 Å². The summed E-state index contributed by atoms with van der Waals surface area (Å²) in [5, 5.41) is 15.8. The van der Waals surface area contributed by atoms with E-state index >= 15 is 0 Å². The van der Waals surface area contributed by atoms with Gasteiger partial charge in [0.2, 0.25) is 0 Å². The zero-order valence-electron chi connectivity index (χ0n) is 11.8. The highest BCUT2D eigenvalue weighted by Gasteiger charge is 1.99. The van der Waals surface area contributed by atoms with Gasteiger partial charge in [0.25, 0.3) is 0 Å². The normalized spacial score (nSPS) is 11.1. The molecule has 0 aliphatic heterocycles. The molecule has 4 nitrogen and oxygen atoms in total. The van der Waals surface area contributed by atoms with Gasteiger partial charge < -0.3 is 15.7 Å². The summed E-state index contributed by atoms with van der Waals surface area (Å²) in [5.74, 6) is 1.15. The summed E-state index contributed by atoms with van der Waals surface area (Å²) < 4.78 is 0. The first-order valence-corrected chi connectivity index (χ1v) is 6.44. The van der Waals surface area contributed by atoms with E-state index in [1.54, 1.807) is 12.1 Å². The first-order chi connectivity index (χ1) is 8.61. The van der Waals surface area contributed by atoms with E-state index < -0.39 is 0 Å². The van der Waals surface area contributed by atoms with Crippen LogP contribution in [0.1, 0.15) is 26.3 Å². The van der Waals surface area contributed by atoms with Crippen molar-refractivity contribution in [3.8, 4) is 5.75 Å². The molecule has 0 atom stereocenters. The molecule has 3 N–H and O–H groups in total. The van der Waals surface area contributed by atoms with Crippen molar-refractivity contribution in [1.82, 2.24) is 10.6 Å². The van der Waals surface area contributed by atoms with Crippen molar-refractivity contribution in [3.63, 3.8) is 0 Å². The summed E-state index contributed by atoms with van der Waals surface area (Å²) >= 11 is 0. The molecule has 0 heterocycles. The molecule has 0 unspecified atom stereocenters. The SMILES string of the molecule is CCNC(=NCCc1cccc(O)c1)NC(C)C.I. The number of hydrogen-bond acceptors (Lipinski definition) is 2. The number of benzene rings is 1. The van der Waals surface area contributed by atoms with Gasteiger partial charge in [-0.2, -0.15) is 0 Å². The van der Waals surface area contributed by atoms with E-state index in [4.69, 9.17) is 0 Å². The second kappa shape index (κ2) is 9.89. The molecule has 0 spiro atoms. The number of phenolic OH excluding ortho intramolecular Hbond substituents is 1. The number of guanidine groups is 1. The molecule has 0 saturated heterocycles. The molecule has 108 valence electrons. The Kier molecular flexibility index (Phi) is 9.38. The summed E-state index contributed by atoms with van der Waals surface area (Å²) in [6.45, 7) is 7.77. The van der Waals surface area contributed by atoms with Crippen LogP contribution in [0.2, 0.25) is 0 Å². The van der Waals surface area contributed by atoms with Crippen LogP contribution in [0.15, 0.2) is 29.3 Å². The van der Waals surface area contributed by atoms with Gasteiger partial charge in [-0.05, 0) is 44.9 Å². The molecule has 1 aromatic carbocycles. The maximum atomic E-state index is 9.36. The van der Waals surface area contributed by atoms with E-state index in [-0.39, 0.29) is 24.0 Å². The molecule has 5 heteroatoms. The first kappa shape index (κ1) is 18.0. The fourth-order valence-corrected chi connectivity index (χ4v) is 1.60. The second-order valence-electron chi connectivity index (χ2n) is 4.48. The summed E-state index contributed by atoms with van der Waals surface area (Å²) in [4.78, 5) is 4.49. The number of aromatic hydroxyl groups is 1. The zero-order valence-corrected chi connectivity index (χ0v) is 14.1. The van der Waals surface area contributed by atoms with E-state index in [2.05, 4.69) is 29.5 Å². The van der Waals surface area contributed by atoms with Gasteiger partial charge >= 0.3 is 0 Å². The topological polar surface area (TPSA) is 56.7 Å². The fraction of sp³-hybridized carbons (Fsp3) is 0.500. The third-order valence-corrected chi connectivity index (χ3v) is 2.35. The van der Waals surface area contributed by atoms with Crippen LogP contribution >= 0.6 is 24.0 Å². The Bertz CT molecular complexity index is 394. The molecule has 0 aromatic heterocycles. The Morgan fingerprint density at radius 2 is 2.11 bits per heavy atom. The molecular weight excluding hydrogens is 353 g/mol. The van der Waals surface area contributed by atoms with Crippen LogP contribution in [0.25, 0.3) is 0 Å². The minimum atomic E-state index is 0. The molecular formula is C14H24IN3O. The minimum absolute atomic E-state index is 0. The number of hydrogen-bond donors (Lipinski definition) is 3. The van der Waals surface area contributed by atoms with Crippen molar-refractivity contribution in [2.24, 2.45) is 4.99 Å². The van der Waals surface area contributed by atoms with Gasteiger partial charge in [-0.15, -0.1) is 24.0 Å². The maximum Gasteiger partial charge on any atom is 0.191 e. The predicted octanol–water partition coefficient (Wildman–Crippen LogP) is 2.52. The van der Waals surface area contributed by atoms with Crippen molar-refractivity contribution in [3.05, 3.63) is 29.8 Å². The highest BCUT2D eigenvalue weighted by atomic mass is 127. The highest BCUT2D eigenvalue weighted by molar-refractivity contribution is 14.0. The van der Waals surface area contributed by atoms with Crippen LogP contribution in [0, 0.1) is 0 Å². The summed E-state index contributed by atoms with van der Waals surface area (Å²) in [5.41, 5.74) is 1.10. The van der Waals surface area contributed by atoms with E-state index in [0.717, 1.165) is 24.5 Å². The van der Waals surface area contributed by atoms with Crippen molar-refractivity contribution >= 4 is 29.9 Å². The van der Waals surface area contributed by atoms with Gasteiger partial charge in [-0.25, -0.2) is 0 Å². The van der Waals surface area contributed by atoms with E-state index in [1.165, 1.54) is 0 Å². The Hall–Kier alpha value is -0.980. The lowest BCUT2D eigenvalue weighted by atomic mass is 10.1. The molecule has 0 aliphatic rings. The van der Waals surface area contributed by atoms with Crippen LogP contribution in [0.3, 0.4) is 0 Å². The minimum Gasteiger partial charge on any atom is -0.508 e. The lowest BCUT2D eigenvalue weighted by Gasteiger charge is -2.13. The van der Waals surface area contributed by atoms with Crippen molar-refractivity contribution < 1.29 is 5.11 Å². The Morgan fingerprint density at radius 3 is 2.68 bits per heavy atom. The van der Waals surface area contributed by atoms with Gasteiger partial charge in [0, 0.05) is 19.1 Å². The third-order valence-electron chi connectivity index (χ3n) is 2.35. The summed E-state index contributed by atoms with van der Waals surface area (Å²) in [7, 11) is 0. The Labute approximate surface area is 132 Å². The lowest BCUT2D eigenvalue weighted by Crippen LogP contribution is -2.41. The maximum absolute atomic E-state index is 9.36. The van der Waals surface area contributed by atoms with Gasteiger partial charge in [0.1, 0.15) is 5.75 Å². The van der Waals surface area contributed by atoms with E-state index in [0.29, 0.717) is 18.3 Å². The van der Waals surface area contributed by atoms with Gasteiger partial charge in [0.05, 0.1) is 0 Å². The lowest BCUT2D eigenvalue weighted by molar-refractivity contribution is 0.474. The number of aliphatic imine (C=N–C) groups is 1. The van der Waals surface area contributed by atoms with Gasteiger partial charge in [0.15, 0.2) is 5.96 Å². The van der Waals surface area contributed by atoms with Gasteiger partial charge in [-0.1, -0.05) is 12.1 Å². The molecule has 0 bridgehead atoms. The van der Waals surface area contributed by atoms with E-state index in [1.807, 2.05) is 19.1 Å². The standard InChI is InChI=1S/C14H23N3O.HI/c1-4-15-14(17-11(2)3)16-9-8-12-6-5-7-13(18)10-12;/h5-7,10-11,18H,4,8-9H2,1-3H3,(H2,15,16,17);1H. The zero-order chi connectivity index (χ0) is 13.4. The van der Waals surface area contributed by atoms with Gasteiger partial charge in [-0.3, -0.25) is 4.99 Å². The van der Waals surface area contributed by atoms with Crippen molar-refractivity contribution in [1.29, 1.82) is 0 Å². The molecule has 0 amide bonds. The second-order valence-corrected chi connectivity index (χ2v) is 4.48. The molecule has 0 fully saturated rings. The van der Waals surface area contributed by atoms with Crippen LogP contribution in [0.5, 0.6) is 5.75 Å². The van der Waals surface area contributed by atoms with Crippen LogP contribution in [-0.2, 0) is 6.42 Å². The number of rotatable bonds is 5. The highest BCUT2D eigenvalue weighted by Crippen LogP contribution is 2.11. The van der Waals surface area contributed by atoms with Crippen molar-refractivity contribution in [2.45, 2.75) is 33.2 Å². The van der Waals surface area contributed by atoms with Crippen LogP contribution in [0.4, 0.5) is 0 Å². The fourth-order valence-electron chi connectivity index (χ4n) is 1.60.